The number of ether oxygens (including phenoxy) is 1. The molecule has 2 rings (SSSR count). The summed E-state index contributed by atoms with van der Waals surface area (Å²) in [5.74, 6) is -1.60. The first-order valence-electron chi connectivity index (χ1n) is 6.55. The Labute approximate surface area is 122 Å². The van der Waals surface area contributed by atoms with Crippen LogP contribution >= 0.6 is 0 Å². The van der Waals surface area contributed by atoms with E-state index in [1.165, 1.54) is 6.07 Å². The quantitative estimate of drug-likeness (QED) is 0.854. The maximum Gasteiger partial charge on any atom is 0.337 e. The topological polar surface area (TPSA) is 76.5 Å². The summed E-state index contributed by atoms with van der Waals surface area (Å²) >= 11 is 0. The van der Waals surface area contributed by atoms with Crippen molar-refractivity contribution in [1.82, 2.24) is 4.98 Å². The van der Waals surface area contributed by atoms with Crippen molar-refractivity contribution in [1.29, 1.82) is 0 Å². The van der Waals surface area contributed by atoms with Crippen molar-refractivity contribution < 1.29 is 19.4 Å². The minimum atomic E-state index is -1.11. The summed E-state index contributed by atoms with van der Waals surface area (Å²) in [7, 11) is 0. The standard InChI is InChI=1S/C16H15NO4/c1-2-21-15(18)9-14-13(16(19)20)8-12(10-17-14)11-6-4-3-5-7-11/h3-8,10H,2,9H2,1H3,(H,19,20). The van der Waals surface area contributed by atoms with E-state index in [4.69, 9.17) is 4.74 Å². The number of benzene rings is 1. The summed E-state index contributed by atoms with van der Waals surface area (Å²) in [5.41, 5.74) is 1.79. The number of aromatic carboxylic acids is 1. The van der Waals surface area contributed by atoms with Crippen molar-refractivity contribution in [3.8, 4) is 11.1 Å². The van der Waals surface area contributed by atoms with Crippen LogP contribution in [-0.4, -0.2) is 28.6 Å². The molecule has 0 atom stereocenters. The van der Waals surface area contributed by atoms with Crippen LogP contribution in [0.15, 0.2) is 42.6 Å². The summed E-state index contributed by atoms with van der Waals surface area (Å²) < 4.78 is 4.82. The summed E-state index contributed by atoms with van der Waals surface area (Å²) in [5, 5.41) is 9.29. The van der Waals surface area contributed by atoms with Gasteiger partial charge in [0.1, 0.15) is 0 Å². The Hall–Kier alpha value is -2.69. The number of nitrogens with zero attached hydrogens (tertiary/aromatic N) is 1. The number of carboxylic acid groups (broad SMARTS) is 1. The van der Waals surface area contributed by atoms with Crippen LogP contribution in [0.2, 0.25) is 0 Å². The van der Waals surface area contributed by atoms with Gasteiger partial charge in [-0.2, -0.15) is 0 Å². The molecule has 1 N–H and O–H groups in total. The second kappa shape index (κ2) is 6.65. The van der Waals surface area contributed by atoms with Gasteiger partial charge in [-0.05, 0) is 18.6 Å². The average molecular weight is 285 g/mol. The first kappa shape index (κ1) is 14.7. The Morgan fingerprint density at radius 2 is 1.90 bits per heavy atom. The molecule has 0 aliphatic carbocycles. The zero-order valence-corrected chi connectivity index (χ0v) is 11.6. The van der Waals surface area contributed by atoms with E-state index in [1.807, 2.05) is 30.3 Å². The van der Waals surface area contributed by atoms with Gasteiger partial charge in [-0.15, -0.1) is 0 Å². The van der Waals surface area contributed by atoms with E-state index in [0.29, 0.717) is 5.56 Å². The molecule has 1 heterocycles. The lowest BCUT2D eigenvalue weighted by Crippen LogP contribution is -2.13. The van der Waals surface area contributed by atoms with Crippen LogP contribution in [0.3, 0.4) is 0 Å². The van der Waals surface area contributed by atoms with E-state index in [-0.39, 0.29) is 24.3 Å². The molecule has 0 bridgehead atoms. The Balaban J connectivity index is 2.36. The molecule has 0 aliphatic heterocycles. The second-order valence-corrected chi connectivity index (χ2v) is 4.37. The molecule has 5 heteroatoms. The number of aromatic nitrogens is 1. The van der Waals surface area contributed by atoms with Gasteiger partial charge in [0.2, 0.25) is 0 Å². The lowest BCUT2D eigenvalue weighted by molar-refractivity contribution is -0.142. The van der Waals surface area contributed by atoms with Crippen LogP contribution in [0, 0.1) is 0 Å². The molecule has 21 heavy (non-hydrogen) atoms. The second-order valence-electron chi connectivity index (χ2n) is 4.37. The van der Waals surface area contributed by atoms with E-state index in [2.05, 4.69) is 4.98 Å². The first-order valence-corrected chi connectivity index (χ1v) is 6.55. The Bertz CT molecular complexity index is 653. The number of carbonyl (C=O) groups is 2. The zero-order chi connectivity index (χ0) is 15.2. The molecule has 0 unspecified atom stereocenters. The summed E-state index contributed by atoms with van der Waals surface area (Å²) in [6.07, 6.45) is 1.42. The lowest BCUT2D eigenvalue weighted by atomic mass is 10.0. The van der Waals surface area contributed by atoms with Crippen LogP contribution in [0.25, 0.3) is 11.1 Å². The fraction of sp³-hybridized carbons (Fsp3) is 0.188. The summed E-state index contributed by atoms with van der Waals surface area (Å²) in [4.78, 5) is 27.0. The van der Waals surface area contributed by atoms with Crippen molar-refractivity contribution in [3.05, 3.63) is 53.9 Å². The number of pyridine rings is 1. The van der Waals surface area contributed by atoms with Gasteiger partial charge >= 0.3 is 11.9 Å². The molecular weight excluding hydrogens is 270 g/mol. The summed E-state index contributed by atoms with van der Waals surface area (Å²) in [6.45, 7) is 1.95. The van der Waals surface area contributed by atoms with E-state index >= 15 is 0 Å². The molecule has 0 radical (unpaired) electrons. The van der Waals surface area contributed by atoms with Crippen molar-refractivity contribution in [2.24, 2.45) is 0 Å². The van der Waals surface area contributed by atoms with Crippen LogP contribution in [0.1, 0.15) is 23.0 Å². The van der Waals surface area contributed by atoms with Crippen LogP contribution in [0.5, 0.6) is 0 Å². The van der Waals surface area contributed by atoms with Gasteiger partial charge in [0.15, 0.2) is 0 Å². The highest BCUT2D eigenvalue weighted by molar-refractivity contribution is 5.92. The van der Waals surface area contributed by atoms with Crippen molar-refractivity contribution in [2.45, 2.75) is 13.3 Å². The largest absolute Gasteiger partial charge is 0.478 e. The van der Waals surface area contributed by atoms with Crippen LogP contribution < -0.4 is 0 Å². The maximum absolute atomic E-state index is 11.5. The summed E-state index contributed by atoms with van der Waals surface area (Å²) in [6, 6.07) is 10.9. The molecule has 1 aromatic carbocycles. The molecule has 0 saturated heterocycles. The van der Waals surface area contributed by atoms with Gasteiger partial charge in [0.25, 0.3) is 0 Å². The van der Waals surface area contributed by atoms with E-state index in [0.717, 1.165) is 5.56 Å². The highest BCUT2D eigenvalue weighted by atomic mass is 16.5. The van der Waals surface area contributed by atoms with Gasteiger partial charge in [-0.1, -0.05) is 30.3 Å². The molecule has 0 aliphatic rings. The SMILES string of the molecule is CCOC(=O)Cc1ncc(-c2ccccc2)cc1C(=O)O. The van der Waals surface area contributed by atoms with Gasteiger partial charge < -0.3 is 9.84 Å². The molecule has 0 spiro atoms. The number of esters is 1. The monoisotopic (exact) mass is 285 g/mol. The Kier molecular flexibility index (Phi) is 4.66. The molecule has 5 nitrogen and oxygen atoms in total. The van der Waals surface area contributed by atoms with E-state index in [1.54, 1.807) is 13.1 Å². The molecule has 1 aromatic heterocycles. The highest BCUT2D eigenvalue weighted by Crippen LogP contribution is 2.21. The number of hydrogen-bond donors (Lipinski definition) is 1. The highest BCUT2D eigenvalue weighted by Gasteiger charge is 2.16. The Morgan fingerprint density at radius 1 is 1.19 bits per heavy atom. The van der Waals surface area contributed by atoms with Gasteiger partial charge in [0.05, 0.1) is 24.3 Å². The van der Waals surface area contributed by atoms with Crippen molar-refractivity contribution in [2.75, 3.05) is 6.61 Å². The van der Waals surface area contributed by atoms with Crippen LogP contribution in [-0.2, 0) is 16.0 Å². The van der Waals surface area contributed by atoms with E-state index in [9.17, 15) is 14.7 Å². The lowest BCUT2D eigenvalue weighted by Gasteiger charge is -2.08. The molecule has 2 aromatic rings. The molecular formula is C16H15NO4. The zero-order valence-electron chi connectivity index (χ0n) is 11.6. The predicted molar refractivity (Wildman–Crippen MR) is 77.0 cm³/mol. The third-order valence-corrected chi connectivity index (χ3v) is 2.92. The molecule has 0 saturated carbocycles. The minimum absolute atomic E-state index is 0.0180. The molecule has 0 amide bonds. The number of hydrogen-bond acceptors (Lipinski definition) is 4. The van der Waals surface area contributed by atoms with Crippen molar-refractivity contribution >= 4 is 11.9 Å². The Morgan fingerprint density at radius 3 is 2.52 bits per heavy atom. The van der Waals surface area contributed by atoms with Gasteiger partial charge in [-0.3, -0.25) is 9.78 Å². The third-order valence-electron chi connectivity index (χ3n) is 2.92. The maximum atomic E-state index is 11.5. The van der Waals surface area contributed by atoms with Gasteiger partial charge in [-0.25, -0.2) is 4.79 Å². The third kappa shape index (κ3) is 3.66. The predicted octanol–water partition coefficient (Wildman–Crippen LogP) is 2.55. The van der Waals surface area contributed by atoms with Crippen LogP contribution in [0.4, 0.5) is 0 Å². The number of rotatable bonds is 5. The van der Waals surface area contributed by atoms with Crippen molar-refractivity contribution in [3.63, 3.8) is 0 Å². The number of carbonyl (C=O) groups excluding carboxylic acids is 1. The normalized spacial score (nSPS) is 10.1. The van der Waals surface area contributed by atoms with E-state index < -0.39 is 11.9 Å². The fourth-order valence-electron chi connectivity index (χ4n) is 1.96. The number of carboxylic acids is 1. The fourth-order valence-corrected chi connectivity index (χ4v) is 1.96. The average Bonchev–Trinajstić information content (AvgIpc) is 2.48. The first-order chi connectivity index (χ1) is 10.1. The minimum Gasteiger partial charge on any atom is -0.478 e. The molecule has 108 valence electrons. The molecule has 0 fully saturated rings. The van der Waals surface area contributed by atoms with Gasteiger partial charge in [0, 0.05) is 11.8 Å². The smallest absolute Gasteiger partial charge is 0.337 e.